The van der Waals surface area contributed by atoms with Crippen molar-refractivity contribution in [3.8, 4) is 0 Å². The van der Waals surface area contributed by atoms with E-state index in [4.69, 9.17) is 0 Å². The Bertz CT molecular complexity index is 500. The summed E-state index contributed by atoms with van der Waals surface area (Å²) < 4.78 is 0. The van der Waals surface area contributed by atoms with E-state index in [0.717, 1.165) is 10.6 Å². The van der Waals surface area contributed by atoms with Gasteiger partial charge in [-0.3, -0.25) is 9.78 Å². The average molecular weight is 246 g/mol. The van der Waals surface area contributed by atoms with Crippen LogP contribution in [0.4, 0.5) is 4.79 Å². The molecular formula is C12H14N4O2. The minimum atomic E-state index is -0.858. The van der Waals surface area contributed by atoms with Crippen LogP contribution in [-0.4, -0.2) is 33.7 Å². The van der Waals surface area contributed by atoms with E-state index in [-0.39, 0.29) is 5.91 Å². The fourth-order valence-corrected chi connectivity index (χ4v) is 1.59. The number of rotatable bonds is 3. The first-order chi connectivity index (χ1) is 8.57. The van der Waals surface area contributed by atoms with E-state index in [9.17, 15) is 9.59 Å². The zero-order valence-electron chi connectivity index (χ0n) is 10.3. The fourth-order valence-electron chi connectivity index (χ4n) is 1.59. The molecule has 0 radical (unpaired) electrons. The highest BCUT2D eigenvalue weighted by atomic mass is 16.2. The largest absolute Gasteiger partial charge is 0.346 e. The Kier molecular flexibility index (Phi) is 3.10. The summed E-state index contributed by atoms with van der Waals surface area (Å²) in [6.07, 6.45) is 5.20. The molecule has 3 amide bonds. The lowest BCUT2D eigenvalue weighted by atomic mass is 10.00. The molecule has 1 fully saturated rings. The van der Waals surface area contributed by atoms with Gasteiger partial charge in [-0.05, 0) is 19.4 Å². The van der Waals surface area contributed by atoms with Crippen LogP contribution >= 0.6 is 0 Å². The minimum absolute atomic E-state index is 0.338. The number of hydrazone groups is 1. The molecule has 18 heavy (non-hydrogen) atoms. The summed E-state index contributed by atoms with van der Waals surface area (Å²) in [6.45, 7) is 3.53. The number of urea groups is 1. The molecule has 2 heterocycles. The molecule has 0 bridgehead atoms. The number of carbonyl (C=O) groups is 2. The Hall–Kier alpha value is -2.24. The van der Waals surface area contributed by atoms with Crippen LogP contribution in [0.2, 0.25) is 0 Å². The maximum atomic E-state index is 12.0. The molecule has 0 aliphatic carbocycles. The van der Waals surface area contributed by atoms with Gasteiger partial charge < -0.3 is 5.32 Å². The van der Waals surface area contributed by atoms with Gasteiger partial charge in [0.15, 0.2) is 0 Å². The van der Waals surface area contributed by atoms with Crippen LogP contribution in [-0.2, 0) is 4.79 Å². The van der Waals surface area contributed by atoms with Crippen molar-refractivity contribution >= 4 is 18.2 Å². The average Bonchev–Trinajstić information content (AvgIpc) is 2.60. The highest BCUT2D eigenvalue weighted by Gasteiger charge is 2.46. The molecule has 1 atom stereocenters. The van der Waals surface area contributed by atoms with Gasteiger partial charge in [0.1, 0.15) is 5.54 Å². The zero-order valence-corrected chi connectivity index (χ0v) is 10.3. The predicted molar refractivity (Wildman–Crippen MR) is 65.9 cm³/mol. The zero-order chi connectivity index (χ0) is 13.2. The molecule has 0 aromatic carbocycles. The standard InChI is InChI=1S/C12H14N4O2/c1-3-12(2)10(17)16(11(18)15-12)14-8-9-5-4-6-13-7-9/h4-8H,3H2,1-2H3,(H,15,18)/b14-8-/t12-/m1/s1. The van der Waals surface area contributed by atoms with Crippen molar-refractivity contribution in [3.05, 3.63) is 30.1 Å². The molecule has 0 unspecified atom stereocenters. The molecule has 6 heteroatoms. The van der Waals surface area contributed by atoms with Gasteiger partial charge in [0.2, 0.25) is 0 Å². The molecule has 0 saturated carbocycles. The lowest BCUT2D eigenvalue weighted by Gasteiger charge is -2.17. The number of hydrogen-bond donors (Lipinski definition) is 1. The first-order valence-corrected chi connectivity index (χ1v) is 5.67. The van der Waals surface area contributed by atoms with Crippen LogP contribution in [0.25, 0.3) is 0 Å². The Balaban J connectivity index is 2.18. The van der Waals surface area contributed by atoms with E-state index >= 15 is 0 Å². The van der Waals surface area contributed by atoms with Gasteiger partial charge in [-0.2, -0.15) is 5.10 Å². The van der Waals surface area contributed by atoms with Crippen molar-refractivity contribution in [2.45, 2.75) is 25.8 Å². The van der Waals surface area contributed by atoms with Crippen molar-refractivity contribution in [3.63, 3.8) is 0 Å². The van der Waals surface area contributed by atoms with Crippen molar-refractivity contribution < 1.29 is 9.59 Å². The molecule has 1 aliphatic rings. The quantitative estimate of drug-likeness (QED) is 0.641. The molecule has 1 aliphatic heterocycles. The van der Waals surface area contributed by atoms with Gasteiger partial charge in [0.25, 0.3) is 5.91 Å². The van der Waals surface area contributed by atoms with E-state index < -0.39 is 11.6 Å². The van der Waals surface area contributed by atoms with E-state index in [1.54, 1.807) is 31.5 Å². The topological polar surface area (TPSA) is 74.7 Å². The number of nitrogens with one attached hydrogen (secondary N) is 1. The van der Waals surface area contributed by atoms with Crippen LogP contribution < -0.4 is 5.32 Å². The molecule has 94 valence electrons. The Labute approximate surface area is 105 Å². The second-order valence-corrected chi connectivity index (χ2v) is 4.26. The van der Waals surface area contributed by atoms with Crippen LogP contribution in [0.15, 0.2) is 29.6 Å². The third kappa shape index (κ3) is 2.09. The normalized spacial score (nSPS) is 23.8. The highest BCUT2D eigenvalue weighted by molar-refractivity contribution is 6.07. The van der Waals surface area contributed by atoms with Crippen molar-refractivity contribution in [2.75, 3.05) is 0 Å². The lowest BCUT2D eigenvalue weighted by molar-refractivity contribution is -0.130. The van der Waals surface area contributed by atoms with Crippen LogP contribution in [0, 0.1) is 0 Å². The molecule has 1 aromatic heterocycles. The Morgan fingerprint density at radius 3 is 2.89 bits per heavy atom. The van der Waals surface area contributed by atoms with Gasteiger partial charge in [-0.25, -0.2) is 4.79 Å². The van der Waals surface area contributed by atoms with Crippen molar-refractivity contribution in [2.24, 2.45) is 5.10 Å². The maximum absolute atomic E-state index is 12.0. The van der Waals surface area contributed by atoms with E-state index in [2.05, 4.69) is 15.4 Å². The highest BCUT2D eigenvalue weighted by Crippen LogP contribution is 2.20. The van der Waals surface area contributed by atoms with Crippen LogP contribution in [0.1, 0.15) is 25.8 Å². The van der Waals surface area contributed by atoms with E-state index in [1.165, 1.54) is 6.21 Å². The van der Waals surface area contributed by atoms with Crippen LogP contribution in [0.5, 0.6) is 0 Å². The maximum Gasteiger partial charge on any atom is 0.346 e. The monoisotopic (exact) mass is 246 g/mol. The number of carbonyl (C=O) groups excluding carboxylic acids is 2. The second-order valence-electron chi connectivity index (χ2n) is 4.26. The van der Waals surface area contributed by atoms with Crippen molar-refractivity contribution in [1.29, 1.82) is 0 Å². The molecule has 1 N–H and O–H groups in total. The Morgan fingerprint density at radius 2 is 2.33 bits per heavy atom. The van der Waals surface area contributed by atoms with Crippen molar-refractivity contribution in [1.82, 2.24) is 15.3 Å². The molecule has 1 aromatic rings. The Morgan fingerprint density at radius 1 is 1.56 bits per heavy atom. The number of imide groups is 1. The SMILES string of the molecule is CC[C@@]1(C)NC(=O)N(/N=C\c2cccnc2)C1=O. The first kappa shape index (κ1) is 12.2. The fraction of sp³-hybridized carbons (Fsp3) is 0.333. The minimum Gasteiger partial charge on any atom is -0.322 e. The summed E-state index contributed by atoms with van der Waals surface area (Å²) in [5.41, 5.74) is -0.133. The number of nitrogens with zero attached hydrogens (tertiary/aromatic N) is 3. The third-order valence-corrected chi connectivity index (χ3v) is 2.95. The first-order valence-electron chi connectivity index (χ1n) is 5.67. The summed E-state index contributed by atoms with van der Waals surface area (Å²) in [7, 11) is 0. The van der Waals surface area contributed by atoms with Gasteiger partial charge in [-0.15, -0.1) is 5.01 Å². The van der Waals surface area contributed by atoms with Gasteiger partial charge >= 0.3 is 6.03 Å². The summed E-state index contributed by atoms with van der Waals surface area (Å²) in [4.78, 5) is 27.6. The molecule has 1 saturated heterocycles. The smallest absolute Gasteiger partial charge is 0.322 e. The lowest BCUT2D eigenvalue weighted by Crippen LogP contribution is -2.42. The summed E-state index contributed by atoms with van der Waals surface area (Å²) >= 11 is 0. The number of amides is 3. The summed E-state index contributed by atoms with van der Waals surface area (Å²) in [6, 6.07) is 3.04. The molecule has 0 spiro atoms. The third-order valence-electron chi connectivity index (χ3n) is 2.95. The summed E-state index contributed by atoms with van der Waals surface area (Å²) in [5, 5.41) is 7.39. The van der Waals surface area contributed by atoms with E-state index in [0.29, 0.717) is 6.42 Å². The number of pyridine rings is 1. The van der Waals surface area contributed by atoms with Gasteiger partial charge in [0, 0.05) is 18.0 Å². The van der Waals surface area contributed by atoms with E-state index in [1.807, 2.05) is 6.92 Å². The molecule has 2 rings (SSSR count). The predicted octanol–water partition coefficient (Wildman–Crippen LogP) is 1.14. The number of aromatic nitrogens is 1. The van der Waals surface area contributed by atoms with Crippen LogP contribution in [0.3, 0.4) is 0 Å². The second kappa shape index (κ2) is 4.56. The summed E-state index contributed by atoms with van der Waals surface area (Å²) in [5.74, 6) is -0.338. The number of hydrogen-bond acceptors (Lipinski definition) is 4. The molecule has 6 nitrogen and oxygen atoms in total. The van der Waals surface area contributed by atoms with Gasteiger partial charge in [-0.1, -0.05) is 13.0 Å². The molecular weight excluding hydrogens is 232 g/mol. The van der Waals surface area contributed by atoms with Gasteiger partial charge in [0.05, 0.1) is 6.21 Å².